The molecule has 0 radical (unpaired) electrons. The van der Waals surface area contributed by atoms with Gasteiger partial charge in [0.1, 0.15) is 48.0 Å². The van der Waals surface area contributed by atoms with Crippen molar-refractivity contribution in [3.8, 4) is 0 Å². The Balaban J connectivity index is 1.25. The lowest BCUT2D eigenvalue weighted by molar-refractivity contribution is -0.149. The molecule has 48 heavy (non-hydrogen) atoms. The lowest BCUT2D eigenvalue weighted by atomic mass is 9.88. The fraction of sp³-hybridized carbons (Fsp3) is 0.556. The van der Waals surface area contributed by atoms with Gasteiger partial charge >= 0.3 is 24.1 Å². The molecule has 2 aliphatic heterocycles. The van der Waals surface area contributed by atoms with E-state index in [1.54, 1.807) is 59.8 Å². The van der Waals surface area contributed by atoms with E-state index in [0.717, 1.165) is 5.57 Å². The van der Waals surface area contributed by atoms with Crippen molar-refractivity contribution < 1.29 is 48.3 Å². The van der Waals surface area contributed by atoms with Gasteiger partial charge in [-0.2, -0.15) is 0 Å². The van der Waals surface area contributed by atoms with Crippen LogP contribution in [0.15, 0.2) is 70.8 Å². The number of amides is 2. The zero-order valence-corrected chi connectivity index (χ0v) is 28.7. The third-order valence-corrected chi connectivity index (χ3v) is 8.10. The third-order valence-electron chi connectivity index (χ3n) is 8.10. The Morgan fingerprint density at radius 2 is 1.21 bits per heavy atom. The van der Waals surface area contributed by atoms with Crippen molar-refractivity contribution in [3.63, 3.8) is 0 Å². The predicted octanol–water partition coefficient (Wildman–Crippen LogP) is 6.12. The fourth-order valence-corrected chi connectivity index (χ4v) is 5.72. The maximum atomic E-state index is 12.7. The minimum absolute atomic E-state index is 0.0667. The summed E-state index contributed by atoms with van der Waals surface area (Å²) >= 11 is 0. The standard InChI is InChI=1S/C36H48N2O10/c1-35(2,3)47-33(43)37-19-7-9-27(37)31(41)45-21-29(39)25-15-11-23(12-16-25)24-13-17-26(18-14-24)30(40)22-46-32(42)28-10-8-20-38(28)34(44)48-36(4,5)6/h11-17,23,27-28,39-40H,7-10,18-22H2,1-6H3/b29-25?,30-26-/t23?,27-,28-/m0/s1. The molecule has 0 unspecified atom stereocenters. The number of rotatable bonds is 7. The number of allylic oxidation sites excluding steroid dienone is 10. The van der Waals surface area contributed by atoms with Crippen LogP contribution in [-0.2, 0) is 28.5 Å². The van der Waals surface area contributed by atoms with Crippen LogP contribution >= 0.6 is 0 Å². The maximum Gasteiger partial charge on any atom is 0.411 e. The highest BCUT2D eigenvalue weighted by atomic mass is 16.6. The third kappa shape index (κ3) is 9.77. The first-order chi connectivity index (χ1) is 22.5. The van der Waals surface area contributed by atoms with Crippen molar-refractivity contribution in [2.24, 2.45) is 5.92 Å². The van der Waals surface area contributed by atoms with E-state index < -0.39 is 47.4 Å². The van der Waals surface area contributed by atoms with Crippen LogP contribution < -0.4 is 0 Å². The molecule has 2 amide bonds. The van der Waals surface area contributed by atoms with Crippen LogP contribution in [0, 0.1) is 5.92 Å². The first-order valence-corrected chi connectivity index (χ1v) is 16.4. The normalized spacial score (nSPS) is 23.5. The number of nitrogens with zero attached hydrogens (tertiary/aromatic N) is 2. The summed E-state index contributed by atoms with van der Waals surface area (Å²) in [6.07, 6.45) is 14.5. The van der Waals surface area contributed by atoms with Gasteiger partial charge in [0.25, 0.3) is 0 Å². The molecule has 12 nitrogen and oxygen atoms in total. The van der Waals surface area contributed by atoms with Crippen molar-refractivity contribution in [2.45, 2.75) is 96.9 Å². The van der Waals surface area contributed by atoms with Crippen molar-refractivity contribution in [2.75, 3.05) is 26.3 Å². The molecule has 0 spiro atoms. The molecule has 0 saturated carbocycles. The van der Waals surface area contributed by atoms with Crippen molar-refractivity contribution in [1.82, 2.24) is 9.80 Å². The van der Waals surface area contributed by atoms with Crippen LogP contribution in [0.1, 0.15) is 73.6 Å². The topological polar surface area (TPSA) is 152 Å². The molecule has 2 heterocycles. The summed E-state index contributed by atoms with van der Waals surface area (Å²) in [5, 5.41) is 21.2. The number of hydrogen-bond donors (Lipinski definition) is 2. The van der Waals surface area contributed by atoms with Crippen LogP contribution in [0.2, 0.25) is 0 Å². The molecule has 2 N–H and O–H groups in total. The Hall–Kier alpha value is -4.48. The quantitative estimate of drug-likeness (QED) is 0.184. The Morgan fingerprint density at radius 1 is 0.729 bits per heavy atom. The van der Waals surface area contributed by atoms with E-state index in [9.17, 15) is 29.4 Å². The molecule has 2 aliphatic carbocycles. The number of ether oxygens (including phenoxy) is 4. The fourth-order valence-electron chi connectivity index (χ4n) is 5.72. The first kappa shape index (κ1) is 36.4. The highest BCUT2D eigenvalue weighted by molar-refractivity contribution is 5.83. The molecule has 2 atom stereocenters. The molecule has 4 rings (SSSR count). The van der Waals surface area contributed by atoms with E-state index in [0.29, 0.717) is 56.3 Å². The first-order valence-electron chi connectivity index (χ1n) is 16.4. The summed E-state index contributed by atoms with van der Waals surface area (Å²) in [4.78, 5) is 53.2. The van der Waals surface area contributed by atoms with E-state index >= 15 is 0 Å². The van der Waals surface area contributed by atoms with E-state index in [1.807, 2.05) is 24.3 Å². The predicted molar refractivity (Wildman–Crippen MR) is 177 cm³/mol. The highest BCUT2D eigenvalue weighted by Crippen LogP contribution is 2.29. The van der Waals surface area contributed by atoms with Gasteiger partial charge in [0.05, 0.1) is 0 Å². The second-order valence-corrected chi connectivity index (χ2v) is 14.2. The molecule has 4 aliphatic rings. The Kier molecular flexibility index (Phi) is 11.5. The van der Waals surface area contributed by atoms with Gasteiger partial charge in [-0.1, -0.05) is 42.5 Å². The molecule has 0 aromatic rings. The number of hydrogen-bond acceptors (Lipinski definition) is 10. The molecule has 262 valence electrons. The second kappa shape index (κ2) is 15.2. The highest BCUT2D eigenvalue weighted by Gasteiger charge is 2.39. The number of esters is 2. The lowest BCUT2D eigenvalue weighted by Gasteiger charge is -2.27. The van der Waals surface area contributed by atoms with E-state index in [-0.39, 0.29) is 30.6 Å². The van der Waals surface area contributed by atoms with Crippen LogP contribution in [0.3, 0.4) is 0 Å². The van der Waals surface area contributed by atoms with Crippen LogP contribution in [0.4, 0.5) is 9.59 Å². The number of likely N-dealkylation sites (tertiary alicyclic amines) is 2. The van der Waals surface area contributed by atoms with Crippen molar-refractivity contribution in [1.29, 1.82) is 0 Å². The molecule has 2 fully saturated rings. The molecular formula is C36H48N2O10. The zero-order valence-electron chi connectivity index (χ0n) is 28.7. The summed E-state index contributed by atoms with van der Waals surface area (Å²) in [6, 6.07) is -1.50. The Labute approximate surface area is 282 Å². The maximum absolute atomic E-state index is 12.7. The van der Waals surface area contributed by atoms with Crippen molar-refractivity contribution >= 4 is 24.1 Å². The molecular weight excluding hydrogens is 620 g/mol. The second-order valence-electron chi connectivity index (χ2n) is 14.2. The molecule has 2 saturated heterocycles. The number of aliphatic hydroxyl groups excluding tert-OH is 2. The van der Waals surface area contributed by atoms with Gasteiger partial charge < -0.3 is 29.2 Å². The van der Waals surface area contributed by atoms with Gasteiger partial charge in [-0.25, -0.2) is 19.2 Å². The zero-order chi connectivity index (χ0) is 35.2. The minimum atomic E-state index is -0.753. The summed E-state index contributed by atoms with van der Waals surface area (Å²) in [6.45, 7) is 10.8. The summed E-state index contributed by atoms with van der Waals surface area (Å²) < 4.78 is 21.5. The van der Waals surface area contributed by atoms with E-state index in [4.69, 9.17) is 18.9 Å². The summed E-state index contributed by atoms with van der Waals surface area (Å²) in [7, 11) is 0. The van der Waals surface area contributed by atoms with E-state index in [1.165, 1.54) is 9.80 Å². The Morgan fingerprint density at radius 3 is 1.65 bits per heavy atom. The van der Waals surface area contributed by atoms with Gasteiger partial charge in [0.2, 0.25) is 0 Å². The molecule has 0 bridgehead atoms. The van der Waals surface area contributed by atoms with Crippen LogP contribution in [0.5, 0.6) is 0 Å². The van der Waals surface area contributed by atoms with Gasteiger partial charge in [-0.05, 0) is 84.8 Å². The van der Waals surface area contributed by atoms with Gasteiger partial charge in [0, 0.05) is 24.6 Å². The van der Waals surface area contributed by atoms with Gasteiger partial charge in [-0.3, -0.25) is 9.80 Å². The molecule has 0 aromatic heterocycles. The van der Waals surface area contributed by atoms with Crippen LogP contribution in [0.25, 0.3) is 0 Å². The van der Waals surface area contributed by atoms with Crippen molar-refractivity contribution in [3.05, 3.63) is 70.8 Å². The number of aliphatic hydroxyl groups is 2. The summed E-state index contributed by atoms with van der Waals surface area (Å²) in [5.41, 5.74) is 0.727. The number of carbonyl (C=O) groups excluding carboxylic acids is 4. The largest absolute Gasteiger partial charge is 0.508 e. The minimum Gasteiger partial charge on any atom is -0.508 e. The SMILES string of the molecule is CC(C)(C)OC(=O)N1CCC[C@H]1C(=O)OCC(O)=C1C=CC(C2=CC/C(=C(\O)COC(=O)[C@@H]3CCCN3C(=O)OC(C)(C)C)C=C2)C=C1. The van der Waals surface area contributed by atoms with Gasteiger partial charge in [-0.15, -0.1) is 0 Å². The van der Waals surface area contributed by atoms with E-state index in [2.05, 4.69) is 0 Å². The lowest BCUT2D eigenvalue weighted by Crippen LogP contribution is -2.44. The number of carbonyl (C=O) groups is 4. The Bertz CT molecular complexity index is 1440. The summed E-state index contributed by atoms with van der Waals surface area (Å²) in [5.74, 6) is -1.43. The molecule has 0 aromatic carbocycles. The monoisotopic (exact) mass is 668 g/mol. The average molecular weight is 669 g/mol. The van der Waals surface area contributed by atoms with Gasteiger partial charge in [0.15, 0.2) is 0 Å². The molecule has 12 heteroatoms. The van der Waals surface area contributed by atoms with Crippen LogP contribution in [-0.4, -0.2) is 93.7 Å². The smallest absolute Gasteiger partial charge is 0.411 e. The average Bonchev–Trinajstić information content (AvgIpc) is 3.72.